The molecule has 0 aromatic carbocycles. The minimum absolute atomic E-state index is 0.0208. The molecule has 0 fully saturated rings. The lowest BCUT2D eigenvalue weighted by atomic mass is 10.0. The summed E-state index contributed by atoms with van der Waals surface area (Å²) in [6, 6.07) is 0. The summed E-state index contributed by atoms with van der Waals surface area (Å²) >= 11 is 0. The second-order valence-corrected chi connectivity index (χ2v) is 24.2. The molecule has 0 bridgehead atoms. The highest BCUT2D eigenvalue weighted by molar-refractivity contribution is 7.47. The fourth-order valence-corrected chi connectivity index (χ4v) is 9.27. The number of ether oxygens (including phenoxy) is 2. The number of allylic oxidation sites excluding steroid dienone is 26. The molecule has 0 aliphatic rings. The first-order chi connectivity index (χ1) is 41.0. The Morgan fingerprint density at radius 2 is 0.643 bits per heavy atom. The van der Waals surface area contributed by atoms with Crippen LogP contribution in [-0.4, -0.2) is 74.9 Å². The third-order valence-corrected chi connectivity index (χ3v) is 14.5. The van der Waals surface area contributed by atoms with Gasteiger partial charge in [0.2, 0.25) is 0 Å². The van der Waals surface area contributed by atoms with Gasteiger partial charge in [0.25, 0.3) is 0 Å². The Kier molecular flexibility index (Phi) is 59.9. The molecular formula is C74H123NO8P+. The van der Waals surface area contributed by atoms with Crippen molar-refractivity contribution >= 4 is 19.8 Å². The Hall–Kier alpha value is -4.37. The minimum atomic E-state index is -4.41. The van der Waals surface area contributed by atoms with Crippen molar-refractivity contribution in [1.29, 1.82) is 0 Å². The van der Waals surface area contributed by atoms with E-state index in [1.165, 1.54) is 83.5 Å². The molecule has 0 heterocycles. The van der Waals surface area contributed by atoms with Gasteiger partial charge in [0.15, 0.2) is 6.10 Å². The fourth-order valence-electron chi connectivity index (χ4n) is 8.53. The van der Waals surface area contributed by atoms with E-state index in [4.69, 9.17) is 18.5 Å². The predicted octanol–water partition coefficient (Wildman–Crippen LogP) is 21.6. The molecular weight excluding hydrogens is 1060 g/mol. The lowest BCUT2D eigenvalue weighted by Gasteiger charge is -2.24. The van der Waals surface area contributed by atoms with Gasteiger partial charge in [0.05, 0.1) is 27.7 Å². The van der Waals surface area contributed by atoms with Crippen LogP contribution in [-0.2, 0) is 32.7 Å². The van der Waals surface area contributed by atoms with Crippen molar-refractivity contribution in [3.8, 4) is 0 Å². The first-order valence-electron chi connectivity index (χ1n) is 33.2. The van der Waals surface area contributed by atoms with Crippen molar-refractivity contribution in [1.82, 2.24) is 0 Å². The Morgan fingerprint density at radius 1 is 0.369 bits per heavy atom. The fraction of sp³-hybridized carbons (Fsp3) is 0.622. The number of likely N-dealkylation sites (N-methyl/N-ethyl adjacent to an activating group) is 1. The molecule has 0 spiro atoms. The summed E-state index contributed by atoms with van der Waals surface area (Å²) in [4.78, 5) is 35.8. The number of carbonyl (C=O) groups excluding carboxylic acids is 2. The number of quaternary nitrogens is 1. The topological polar surface area (TPSA) is 108 Å². The number of rotatable bonds is 59. The second-order valence-electron chi connectivity index (χ2n) is 22.7. The van der Waals surface area contributed by atoms with Crippen LogP contribution in [0.5, 0.6) is 0 Å². The maximum absolute atomic E-state index is 12.9. The Balaban J connectivity index is 4.17. The van der Waals surface area contributed by atoms with E-state index in [0.29, 0.717) is 17.4 Å². The van der Waals surface area contributed by atoms with E-state index in [1.807, 2.05) is 21.1 Å². The molecule has 0 saturated heterocycles. The van der Waals surface area contributed by atoms with Gasteiger partial charge in [-0.2, -0.15) is 0 Å². The van der Waals surface area contributed by atoms with Gasteiger partial charge in [-0.05, 0) is 122 Å². The van der Waals surface area contributed by atoms with Crippen LogP contribution >= 0.6 is 7.82 Å². The van der Waals surface area contributed by atoms with Crippen molar-refractivity contribution < 1.29 is 42.1 Å². The monoisotopic (exact) mass is 1180 g/mol. The van der Waals surface area contributed by atoms with Crippen LogP contribution in [0.25, 0.3) is 0 Å². The number of hydrogen-bond acceptors (Lipinski definition) is 7. The summed E-state index contributed by atoms with van der Waals surface area (Å²) in [5, 5.41) is 0. The quantitative estimate of drug-likeness (QED) is 0.0211. The smallest absolute Gasteiger partial charge is 0.462 e. The van der Waals surface area contributed by atoms with E-state index in [9.17, 15) is 19.0 Å². The van der Waals surface area contributed by atoms with Crippen LogP contribution < -0.4 is 0 Å². The highest BCUT2D eigenvalue weighted by Gasteiger charge is 2.27. The molecule has 1 N–H and O–H groups in total. The third kappa shape index (κ3) is 66.8. The molecule has 0 amide bonds. The average molecular weight is 1190 g/mol. The first kappa shape index (κ1) is 79.6. The lowest BCUT2D eigenvalue weighted by molar-refractivity contribution is -0.870. The number of carbonyl (C=O) groups is 2. The van der Waals surface area contributed by atoms with Gasteiger partial charge < -0.3 is 18.9 Å². The van der Waals surface area contributed by atoms with Crippen LogP contribution in [0.15, 0.2) is 158 Å². The SMILES string of the molecule is CC/C=C\C/C=C\C/C=C\C/C=C\C/C=C\C/C=C\C/C=C\C/C=C\C/C=C\CCCCCCCCCC(=O)OC(COC(=O)CCCCCCCCCCCCCC/C=C\C/C=C\C/C=C\C/C=C\CC)COP(=O)(O)OCC[N+](C)(C)C. The molecule has 0 saturated carbocycles. The van der Waals surface area contributed by atoms with E-state index in [0.717, 1.165) is 128 Å². The standard InChI is InChI=1S/C74H122NO8P/c1-6-8-10-12-14-16-18-20-22-24-26-28-30-32-33-34-35-36-37-38-39-40-41-43-45-47-49-51-53-55-57-59-61-63-65-67-74(77)83-72(71-82-84(78,79)81-69-68-75(3,4)5)70-80-73(76)66-64-62-60-58-56-54-52-50-48-46-44-42-31-29-27-25-23-21-19-17-15-13-11-9-7-2/h8-11,14-17,20-23,26-29,32-33,35-36,38-39,41,43,47,49,72H,6-7,12-13,18-19,24-25,30-31,34,37,40,42,44-46,48,50-71H2,1-5H3/p+1/b10-8-,11-9-,16-14-,17-15-,22-20-,23-21-,28-26-,29-27-,33-32-,36-35-,39-38-,43-41-,49-47-. The van der Waals surface area contributed by atoms with Crippen LogP contribution in [0.1, 0.15) is 245 Å². The molecule has 0 radical (unpaired) electrons. The second kappa shape index (κ2) is 63.1. The molecule has 0 aromatic heterocycles. The van der Waals surface area contributed by atoms with Gasteiger partial charge in [-0.1, -0.05) is 268 Å². The van der Waals surface area contributed by atoms with E-state index in [2.05, 4.69) is 172 Å². The summed E-state index contributed by atoms with van der Waals surface area (Å²) in [6.45, 7) is 4.18. The zero-order valence-electron chi connectivity index (χ0n) is 54.1. The highest BCUT2D eigenvalue weighted by atomic mass is 31.2. The maximum Gasteiger partial charge on any atom is 0.472 e. The summed E-state index contributed by atoms with van der Waals surface area (Å²) in [7, 11) is 1.45. The molecule has 0 rings (SSSR count). The molecule has 2 atom stereocenters. The molecule has 0 aliphatic heterocycles. The summed E-state index contributed by atoms with van der Waals surface area (Å²) in [6.07, 6.45) is 94.7. The zero-order valence-corrected chi connectivity index (χ0v) is 55.0. The molecule has 2 unspecified atom stereocenters. The largest absolute Gasteiger partial charge is 0.472 e. The van der Waals surface area contributed by atoms with Gasteiger partial charge in [-0.3, -0.25) is 18.6 Å². The normalized spacial score (nSPS) is 14.2. The zero-order chi connectivity index (χ0) is 61.2. The highest BCUT2D eigenvalue weighted by Crippen LogP contribution is 2.43. The third-order valence-electron chi connectivity index (χ3n) is 13.6. The number of nitrogens with zero attached hydrogens (tertiary/aromatic N) is 1. The van der Waals surface area contributed by atoms with Gasteiger partial charge >= 0.3 is 19.8 Å². The van der Waals surface area contributed by atoms with E-state index in [1.54, 1.807) is 0 Å². The Labute approximate surface area is 516 Å². The van der Waals surface area contributed by atoms with E-state index < -0.39 is 26.5 Å². The molecule has 9 nitrogen and oxygen atoms in total. The number of phosphoric ester groups is 1. The molecule has 84 heavy (non-hydrogen) atoms. The number of esters is 2. The summed E-state index contributed by atoms with van der Waals surface area (Å²) < 4.78 is 34.7. The average Bonchev–Trinajstić information content (AvgIpc) is 3.61. The number of phosphoric acid groups is 1. The van der Waals surface area contributed by atoms with Crippen molar-refractivity contribution in [2.24, 2.45) is 0 Å². The van der Waals surface area contributed by atoms with Crippen molar-refractivity contribution in [2.75, 3.05) is 47.5 Å². The van der Waals surface area contributed by atoms with Crippen molar-refractivity contribution in [3.05, 3.63) is 158 Å². The number of unbranched alkanes of at least 4 members (excludes halogenated alkanes) is 19. The van der Waals surface area contributed by atoms with Crippen molar-refractivity contribution in [2.45, 2.75) is 251 Å². The first-order valence-corrected chi connectivity index (χ1v) is 34.7. The van der Waals surface area contributed by atoms with Crippen molar-refractivity contribution in [3.63, 3.8) is 0 Å². The Bertz CT molecular complexity index is 1970. The van der Waals surface area contributed by atoms with Crippen LogP contribution in [0.4, 0.5) is 0 Å². The van der Waals surface area contributed by atoms with Gasteiger partial charge in [-0.15, -0.1) is 0 Å². The van der Waals surface area contributed by atoms with Gasteiger partial charge in [0.1, 0.15) is 19.8 Å². The minimum Gasteiger partial charge on any atom is -0.462 e. The van der Waals surface area contributed by atoms with Crippen LogP contribution in [0, 0.1) is 0 Å². The van der Waals surface area contributed by atoms with Crippen LogP contribution in [0.3, 0.4) is 0 Å². The van der Waals surface area contributed by atoms with E-state index >= 15 is 0 Å². The molecule has 476 valence electrons. The van der Waals surface area contributed by atoms with E-state index in [-0.39, 0.29) is 32.0 Å². The summed E-state index contributed by atoms with van der Waals surface area (Å²) in [5.41, 5.74) is 0. The molecule has 0 aliphatic carbocycles. The lowest BCUT2D eigenvalue weighted by Crippen LogP contribution is -2.37. The molecule has 0 aromatic rings. The Morgan fingerprint density at radius 3 is 0.952 bits per heavy atom. The number of hydrogen-bond donors (Lipinski definition) is 1. The van der Waals surface area contributed by atoms with Gasteiger partial charge in [0, 0.05) is 12.8 Å². The predicted molar refractivity (Wildman–Crippen MR) is 362 cm³/mol. The maximum atomic E-state index is 12.9. The summed E-state index contributed by atoms with van der Waals surface area (Å²) in [5.74, 6) is -0.820. The van der Waals surface area contributed by atoms with Crippen LogP contribution in [0.2, 0.25) is 0 Å². The van der Waals surface area contributed by atoms with Gasteiger partial charge in [-0.25, -0.2) is 4.57 Å². The molecule has 10 heteroatoms.